The lowest BCUT2D eigenvalue weighted by Crippen LogP contribution is -2.40. The Bertz CT molecular complexity index is 1160. The first kappa shape index (κ1) is 24.3. The fraction of sp³-hybridized carbons (Fsp3) is 0.333. The molecular formula is C21H18BrF3N6O2. The molecule has 0 bridgehead atoms. The van der Waals surface area contributed by atoms with Crippen molar-refractivity contribution in [3.05, 3.63) is 56.8 Å². The summed E-state index contributed by atoms with van der Waals surface area (Å²) >= 11 is 3.57. The largest absolute Gasteiger partial charge is 0.490 e. The molecular weight excluding hydrogens is 505 g/mol. The van der Waals surface area contributed by atoms with Crippen LogP contribution in [0.3, 0.4) is 0 Å². The van der Waals surface area contributed by atoms with E-state index >= 15 is 0 Å². The summed E-state index contributed by atoms with van der Waals surface area (Å²) in [5, 5.41) is 40.6. The normalized spacial score (nSPS) is 19.8. The molecule has 0 saturated carbocycles. The first-order valence-corrected chi connectivity index (χ1v) is 10.6. The molecule has 2 unspecified atom stereocenters. The number of aromatic nitrogens is 2. The van der Waals surface area contributed by atoms with Crippen LogP contribution in [0.2, 0.25) is 0 Å². The van der Waals surface area contributed by atoms with E-state index in [1.54, 1.807) is 12.3 Å². The molecule has 8 nitrogen and oxygen atoms in total. The van der Waals surface area contributed by atoms with Crippen molar-refractivity contribution in [3.8, 4) is 12.1 Å². The van der Waals surface area contributed by atoms with E-state index in [-0.39, 0.29) is 12.0 Å². The maximum Gasteiger partial charge on any atom is 0.490 e. The van der Waals surface area contributed by atoms with Crippen molar-refractivity contribution >= 4 is 27.7 Å². The predicted molar refractivity (Wildman–Crippen MR) is 115 cm³/mol. The van der Waals surface area contributed by atoms with Crippen molar-refractivity contribution in [1.29, 1.82) is 10.5 Å². The lowest BCUT2D eigenvalue weighted by Gasteiger charge is -2.33. The molecule has 2 aliphatic rings. The Morgan fingerprint density at radius 3 is 2.52 bits per heavy atom. The minimum Gasteiger partial charge on any atom is -0.475 e. The number of piperidine rings is 1. The number of benzene rings is 1. The Kier molecular flexibility index (Phi) is 7.41. The van der Waals surface area contributed by atoms with E-state index < -0.39 is 12.1 Å². The molecule has 0 amide bonds. The monoisotopic (exact) mass is 522 g/mol. The number of carbonyl (C=O) groups is 1. The molecule has 33 heavy (non-hydrogen) atoms. The van der Waals surface area contributed by atoms with Crippen LogP contribution in [-0.4, -0.2) is 40.0 Å². The van der Waals surface area contributed by atoms with Crippen LogP contribution in [0.15, 0.2) is 40.1 Å². The molecule has 2 aliphatic heterocycles. The number of aliphatic carboxylic acids is 1. The Hall–Kier alpha value is -3.35. The third-order valence-electron chi connectivity index (χ3n) is 5.30. The number of halogens is 4. The van der Waals surface area contributed by atoms with Gasteiger partial charge in [-0.05, 0) is 46.9 Å². The Morgan fingerprint density at radius 1 is 1.21 bits per heavy atom. The SMILES string of the molecule is N#CC1=C(C2CCCCN2)Nc2[nH]ncc2C1c1cccc(C#N)c1Br.O=C(O)C(F)(F)F. The van der Waals surface area contributed by atoms with Crippen LogP contribution in [0, 0.1) is 22.7 Å². The number of carboxylic acid groups (broad SMARTS) is 1. The highest BCUT2D eigenvalue weighted by molar-refractivity contribution is 9.10. The van der Waals surface area contributed by atoms with E-state index in [4.69, 9.17) is 9.90 Å². The number of hydrogen-bond acceptors (Lipinski definition) is 6. The number of nitrogens with one attached hydrogen (secondary N) is 3. The van der Waals surface area contributed by atoms with Gasteiger partial charge in [0.1, 0.15) is 11.9 Å². The van der Waals surface area contributed by atoms with Gasteiger partial charge in [-0.3, -0.25) is 5.10 Å². The molecule has 1 aromatic heterocycles. The summed E-state index contributed by atoms with van der Waals surface area (Å²) in [6, 6.07) is 10.3. The summed E-state index contributed by atoms with van der Waals surface area (Å²) in [4.78, 5) is 8.90. The molecule has 12 heteroatoms. The molecule has 1 fully saturated rings. The molecule has 0 spiro atoms. The van der Waals surface area contributed by atoms with Gasteiger partial charge in [-0.25, -0.2) is 4.79 Å². The van der Waals surface area contributed by atoms with E-state index in [0.29, 0.717) is 11.1 Å². The maximum atomic E-state index is 10.6. The molecule has 4 N–H and O–H groups in total. The first-order valence-electron chi connectivity index (χ1n) is 9.85. The number of rotatable bonds is 2. The number of aromatic amines is 1. The fourth-order valence-electron chi connectivity index (χ4n) is 3.81. The van der Waals surface area contributed by atoms with Gasteiger partial charge in [0.2, 0.25) is 0 Å². The molecule has 0 radical (unpaired) electrons. The van der Waals surface area contributed by atoms with Gasteiger partial charge >= 0.3 is 12.1 Å². The molecule has 2 atom stereocenters. The van der Waals surface area contributed by atoms with Crippen LogP contribution < -0.4 is 10.6 Å². The summed E-state index contributed by atoms with van der Waals surface area (Å²) in [7, 11) is 0. The zero-order valence-corrected chi connectivity index (χ0v) is 18.6. The second kappa shape index (κ2) is 10.1. The molecule has 4 rings (SSSR count). The number of carboxylic acids is 1. The van der Waals surface area contributed by atoms with Crippen molar-refractivity contribution in [2.45, 2.75) is 37.4 Å². The van der Waals surface area contributed by atoms with Gasteiger partial charge in [0.15, 0.2) is 0 Å². The van der Waals surface area contributed by atoms with E-state index in [1.807, 2.05) is 12.1 Å². The van der Waals surface area contributed by atoms with E-state index in [1.165, 1.54) is 0 Å². The average molecular weight is 523 g/mol. The van der Waals surface area contributed by atoms with Crippen molar-refractivity contribution in [3.63, 3.8) is 0 Å². The number of fused-ring (bicyclic) bond motifs is 1. The lowest BCUT2D eigenvalue weighted by molar-refractivity contribution is -0.192. The van der Waals surface area contributed by atoms with Crippen molar-refractivity contribution in [1.82, 2.24) is 15.5 Å². The molecule has 2 aromatic rings. The number of alkyl halides is 3. The number of nitrogens with zero attached hydrogens (tertiary/aromatic N) is 3. The van der Waals surface area contributed by atoms with Gasteiger partial charge in [0, 0.05) is 21.8 Å². The molecule has 172 valence electrons. The predicted octanol–water partition coefficient (Wildman–Crippen LogP) is 4.15. The van der Waals surface area contributed by atoms with Crippen LogP contribution in [0.25, 0.3) is 0 Å². The minimum absolute atomic E-state index is 0.121. The van der Waals surface area contributed by atoms with Crippen LogP contribution >= 0.6 is 15.9 Å². The highest BCUT2D eigenvalue weighted by Gasteiger charge is 2.38. The number of hydrogen-bond donors (Lipinski definition) is 4. The Morgan fingerprint density at radius 2 is 1.94 bits per heavy atom. The zero-order valence-electron chi connectivity index (χ0n) is 17.0. The maximum absolute atomic E-state index is 10.6. The third kappa shape index (κ3) is 5.18. The summed E-state index contributed by atoms with van der Waals surface area (Å²) in [5.41, 5.74) is 3.95. The van der Waals surface area contributed by atoms with Crippen molar-refractivity contribution in [2.24, 2.45) is 0 Å². The molecule has 0 aliphatic carbocycles. The summed E-state index contributed by atoms with van der Waals surface area (Å²) in [5.74, 6) is -2.21. The minimum atomic E-state index is -5.08. The van der Waals surface area contributed by atoms with Gasteiger partial charge in [-0.1, -0.05) is 18.6 Å². The number of H-pyrrole nitrogens is 1. The van der Waals surface area contributed by atoms with Crippen molar-refractivity contribution < 1.29 is 23.1 Å². The van der Waals surface area contributed by atoms with Gasteiger partial charge in [-0.15, -0.1) is 0 Å². The summed E-state index contributed by atoms with van der Waals surface area (Å²) < 4.78 is 32.5. The summed E-state index contributed by atoms with van der Waals surface area (Å²) in [6.07, 6.45) is -0.0557. The van der Waals surface area contributed by atoms with Gasteiger partial charge in [0.25, 0.3) is 0 Å². The molecule has 1 saturated heterocycles. The van der Waals surface area contributed by atoms with Gasteiger partial charge in [0.05, 0.1) is 29.3 Å². The first-order chi connectivity index (χ1) is 15.7. The number of nitriles is 2. The van der Waals surface area contributed by atoms with Crippen LogP contribution in [0.1, 0.15) is 41.9 Å². The van der Waals surface area contributed by atoms with Crippen LogP contribution in [-0.2, 0) is 4.79 Å². The second-order valence-electron chi connectivity index (χ2n) is 7.32. The van der Waals surface area contributed by atoms with E-state index in [2.05, 4.69) is 48.9 Å². The van der Waals surface area contributed by atoms with Crippen LogP contribution in [0.4, 0.5) is 19.0 Å². The smallest absolute Gasteiger partial charge is 0.475 e. The Balaban J connectivity index is 0.000000383. The van der Waals surface area contributed by atoms with Crippen molar-refractivity contribution in [2.75, 3.05) is 11.9 Å². The lowest BCUT2D eigenvalue weighted by atomic mass is 9.81. The zero-order chi connectivity index (χ0) is 24.2. The second-order valence-corrected chi connectivity index (χ2v) is 8.12. The molecule has 3 heterocycles. The van der Waals surface area contributed by atoms with Crippen LogP contribution in [0.5, 0.6) is 0 Å². The summed E-state index contributed by atoms with van der Waals surface area (Å²) in [6.45, 7) is 0.947. The topological polar surface area (TPSA) is 138 Å². The number of anilines is 1. The van der Waals surface area contributed by atoms with Gasteiger partial charge < -0.3 is 15.7 Å². The van der Waals surface area contributed by atoms with E-state index in [0.717, 1.165) is 52.9 Å². The third-order valence-corrected chi connectivity index (χ3v) is 6.18. The highest BCUT2D eigenvalue weighted by Crippen LogP contribution is 2.44. The number of allylic oxidation sites excluding steroid dienone is 1. The quantitative estimate of drug-likeness (QED) is 0.464. The van der Waals surface area contributed by atoms with Gasteiger partial charge in [-0.2, -0.15) is 28.8 Å². The fourth-order valence-corrected chi connectivity index (χ4v) is 4.39. The standard InChI is InChI=1S/C19H17BrN6.C2HF3O2/c20-17-11(8-21)4-3-5-12(17)16-13(9-22)18(15-6-1-2-7-23-15)25-19-14(16)10-24-26-19;3-2(4,5)1(6)7/h3-5,10,15-16,23H,1-2,6-7H2,(H2,24,25,26);(H,6,7). The highest BCUT2D eigenvalue weighted by atomic mass is 79.9. The van der Waals surface area contributed by atoms with E-state index in [9.17, 15) is 23.7 Å². The Labute approximate surface area is 195 Å². The average Bonchev–Trinajstić information content (AvgIpc) is 3.27. The molecule has 1 aromatic carbocycles.